The van der Waals surface area contributed by atoms with Gasteiger partial charge in [0.05, 0.1) is 0 Å². The summed E-state index contributed by atoms with van der Waals surface area (Å²) in [7, 11) is 1.96. The van der Waals surface area contributed by atoms with Crippen molar-refractivity contribution in [3.05, 3.63) is 18.0 Å². The van der Waals surface area contributed by atoms with E-state index in [0.29, 0.717) is 5.54 Å². The average Bonchev–Trinajstić information content (AvgIpc) is 2.56. The summed E-state index contributed by atoms with van der Waals surface area (Å²) in [4.78, 5) is 9.99. The van der Waals surface area contributed by atoms with Crippen LogP contribution in [0.25, 0.3) is 0 Å². The Hall–Kier alpha value is -1.36. The number of aromatic amines is 1. The molecule has 0 bridgehead atoms. The summed E-state index contributed by atoms with van der Waals surface area (Å²) in [6, 6.07) is 1.39. The van der Waals surface area contributed by atoms with Crippen LogP contribution in [0.5, 0.6) is 0 Å². The maximum atomic E-state index is 9.99. The molecule has 0 aliphatic heterocycles. The monoisotopic (exact) mass is 199 g/mol. The second-order valence-electron chi connectivity index (χ2n) is 3.78. The molecule has 0 spiro atoms. The molecule has 0 unspecified atom stereocenters. The number of aromatic carboxylic acids is 1. The maximum absolute atomic E-state index is 9.99. The number of carboxylic acids is 1. The lowest BCUT2D eigenvalue weighted by Crippen LogP contribution is -2.31. The van der Waals surface area contributed by atoms with Crippen LogP contribution in [-0.2, 0) is 0 Å². The Morgan fingerprint density at radius 2 is 2.07 bits per heavy atom. The van der Waals surface area contributed by atoms with Crippen molar-refractivity contribution in [2.75, 3.05) is 7.05 Å². The Bertz CT molecular complexity index is 262. The number of hydrogen-bond acceptors (Lipinski definition) is 3. The van der Waals surface area contributed by atoms with E-state index in [9.17, 15) is 4.79 Å². The summed E-state index contributed by atoms with van der Waals surface area (Å²) < 4.78 is 0. The minimum atomic E-state index is -0.984. The molecular formula is C9H17N3O2. The number of rotatable bonds is 1. The average molecular weight is 199 g/mol. The van der Waals surface area contributed by atoms with Crippen molar-refractivity contribution in [2.24, 2.45) is 0 Å². The first kappa shape index (κ1) is 12.6. The van der Waals surface area contributed by atoms with Crippen LogP contribution >= 0.6 is 0 Å². The van der Waals surface area contributed by atoms with Gasteiger partial charge in [-0.15, -0.1) is 0 Å². The molecule has 1 aromatic rings. The summed E-state index contributed by atoms with van der Waals surface area (Å²) >= 11 is 0. The number of nitrogens with one attached hydrogen (secondary N) is 2. The highest BCUT2D eigenvalue weighted by atomic mass is 16.4. The van der Waals surface area contributed by atoms with Gasteiger partial charge in [0.15, 0.2) is 0 Å². The zero-order valence-corrected chi connectivity index (χ0v) is 8.96. The fraction of sp³-hybridized carbons (Fsp3) is 0.556. The zero-order valence-electron chi connectivity index (χ0n) is 8.96. The predicted octanol–water partition coefficient (Wildman–Crippen LogP) is 1.11. The van der Waals surface area contributed by atoms with Crippen LogP contribution in [0.3, 0.4) is 0 Å². The van der Waals surface area contributed by atoms with Crippen molar-refractivity contribution < 1.29 is 9.90 Å². The molecule has 0 aliphatic carbocycles. The van der Waals surface area contributed by atoms with Gasteiger partial charge < -0.3 is 10.4 Å². The van der Waals surface area contributed by atoms with E-state index < -0.39 is 5.97 Å². The molecule has 0 saturated heterocycles. The van der Waals surface area contributed by atoms with Crippen molar-refractivity contribution in [1.29, 1.82) is 0 Å². The fourth-order valence-corrected chi connectivity index (χ4v) is 0.375. The Morgan fingerprint density at radius 1 is 1.57 bits per heavy atom. The largest absolute Gasteiger partial charge is 0.477 e. The van der Waals surface area contributed by atoms with E-state index in [1.54, 1.807) is 0 Å². The number of aromatic nitrogens is 2. The predicted molar refractivity (Wildman–Crippen MR) is 54.4 cm³/mol. The van der Waals surface area contributed by atoms with Crippen molar-refractivity contribution in [3.63, 3.8) is 0 Å². The molecule has 0 fully saturated rings. The SMILES string of the molecule is CNC(C)(C)C.O=C(O)c1ccn[nH]1. The Labute approximate surface area is 83.5 Å². The van der Waals surface area contributed by atoms with Crippen LogP contribution in [-0.4, -0.2) is 33.9 Å². The van der Waals surface area contributed by atoms with Gasteiger partial charge in [0.2, 0.25) is 0 Å². The molecule has 0 radical (unpaired) electrons. The number of nitrogens with zero attached hydrogens (tertiary/aromatic N) is 1. The van der Waals surface area contributed by atoms with Crippen LogP contribution in [0, 0.1) is 0 Å². The summed E-state index contributed by atoms with van der Waals surface area (Å²) in [6.07, 6.45) is 1.39. The highest BCUT2D eigenvalue weighted by Gasteiger charge is 2.02. The molecule has 0 saturated carbocycles. The van der Waals surface area contributed by atoms with Gasteiger partial charge in [0.1, 0.15) is 5.69 Å². The normalized spacial score (nSPS) is 10.3. The molecule has 0 amide bonds. The molecule has 80 valence electrons. The topological polar surface area (TPSA) is 78.0 Å². The summed E-state index contributed by atoms with van der Waals surface area (Å²) in [5, 5.41) is 17.0. The lowest BCUT2D eigenvalue weighted by molar-refractivity contribution is 0.0690. The molecule has 0 aliphatic rings. The summed E-state index contributed by atoms with van der Waals surface area (Å²) in [5.41, 5.74) is 0.407. The molecule has 0 atom stereocenters. The molecule has 0 aromatic carbocycles. The highest BCUT2D eigenvalue weighted by Crippen LogP contribution is 1.94. The molecule has 3 N–H and O–H groups in total. The van der Waals surface area contributed by atoms with Gasteiger partial charge in [0, 0.05) is 11.7 Å². The smallest absolute Gasteiger partial charge is 0.353 e. The van der Waals surface area contributed by atoms with Crippen LogP contribution in [0.15, 0.2) is 12.3 Å². The minimum Gasteiger partial charge on any atom is -0.477 e. The van der Waals surface area contributed by atoms with Gasteiger partial charge in [-0.1, -0.05) is 0 Å². The molecule has 1 aromatic heterocycles. The van der Waals surface area contributed by atoms with Gasteiger partial charge in [-0.3, -0.25) is 5.10 Å². The van der Waals surface area contributed by atoms with Crippen molar-refractivity contribution >= 4 is 5.97 Å². The first-order chi connectivity index (χ1) is 6.37. The first-order valence-electron chi connectivity index (χ1n) is 4.28. The molecule has 1 rings (SSSR count). The second-order valence-corrected chi connectivity index (χ2v) is 3.78. The van der Waals surface area contributed by atoms with E-state index in [2.05, 4.69) is 36.3 Å². The molecular weight excluding hydrogens is 182 g/mol. The van der Waals surface area contributed by atoms with Crippen LogP contribution in [0.1, 0.15) is 31.3 Å². The van der Waals surface area contributed by atoms with Crippen molar-refractivity contribution in [2.45, 2.75) is 26.3 Å². The van der Waals surface area contributed by atoms with Gasteiger partial charge in [-0.25, -0.2) is 4.79 Å². The molecule has 5 heteroatoms. The van der Waals surface area contributed by atoms with E-state index in [4.69, 9.17) is 5.11 Å². The standard InChI is InChI=1S/C5H13N.C4H4N2O2/c1-5(2,3)6-4;7-4(8)3-1-2-5-6-3/h6H,1-4H3;1-2H,(H,5,6)(H,7,8). The summed E-state index contributed by atoms with van der Waals surface area (Å²) in [5.74, 6) is -0.984. The lowest BCUT2D eigenvalue weighted by atomic mass is 10.1. The third kappa shape index (κ3) is 6.19. The third-order valence-corrected chi connectivity index (χ3v) is 1.48. The van der Waals surface area contributed by atoms with E-state index in [1.165, 1.54) is 12.3 Å². The van der Waals surface area contributed by atoms with Gasteiger partial charge in [0.25, 0.3) is 0 Å². The highest BCUT2D eigenvalue weighted by molar-refractivity contribution is 5.84. The maximum Gasteiger partial charge on any atom is 0.353 e. The zero-order chi connectivity index (χ0) is 11.2. The fourth-order valence-electron chi connectivity index (χ4n) is 0.375. The minimum absolute atomic E-state index is 0.116. The Balaban J connectivity index is 0.000000255. The van der Waals surface area contributed by atoms with Crippen molar-refractivity contribution in [3.8, 4) is 0 Å². The Kier molecular flexibility index (Phi) is 4.86. The van der Waals surface area contributed by atoms with Crippen LogP contribution < -0.4 is 5.32 Å². The van der Waals surface area contributed by atoms with E-state index in [0.717, 1.165) is 0 Å². The number of H-pyrrole nitrogens is 1. The third-order valence-electron chi connectivity index (χ3n) is 1.48. The first-order valence-corrected chi connectivity index (χ1v) is 4.28. The van der Waals surface area contributed by atoms with Gasteiger partial charge in [-0.05, 0) is 33.9 Å². The van der Waals surface area contributed by atoms with E-state index in [-0.39, 0.29) is 5.69 Å². The molecule has 14 heavy (non-hydrogen) atoms. The van der Waals surface area contributed by atoms with Crippen molar-refractivity contribution in [1.82, 2.24) is 15.5 Å². The summed E-state index contributed by atoms with van der Waals surface area (Å²) in [6.45, 7) is 6.40. The quantitative estimate of drug-likeness (QED) is 0.633. The lowest BCUT2D eigenvalue weighted by Gasteiger charge is -2.15. The van der Waals surface area contributed by atoms with E-state index in [1.807, 2.05) is 7.05 Å². The molecule has 5 nitrogen and oxygen atoms in total. The Morgan fingerprint density at radius 3 is 2.21 bits per heavy atom. The number of hydrogen-bond donors (Lipinski definition) is 3. The van der Waals surface area contributed by atoms with Gasteiger partial charge >= 0.3 is 5.97 Å². The van der Waals surface area contributed by atoms with E-state index >= 15 is 0 Å². The number of carboxylic acid groups (broad SMARTS) is 1. The van der Waals surface area contributed by atoms with Crippen LogP contribution in [0.4, 0.5) is 0 Å². The second kappa shape index (κ2) is 5.39. The molecule has 1 heterocycles. The van der Waals surface area contributed by atoms with Crippen LogP contribution in [0.2, 0.25) is 0 Å². The number of carbonyl (C=O) groups is 1. The van der Waals surface area contributed by atoms with Gasteiger partial charge in [-0.2, -0.15) is 5.10 Å².